The van der Waals surface area contributed by atoms with Crippen LogP contribution in [-0.2, 0) is 22.6 Å². The van der Waals surface area contributed by atoms with E-state index in [0.717, 1.165) is 35.3 Å². The minimum atomic E-state index is -0.514. The van der Waals surface area contributed by atoms with E-state index in [0.29, 0.717) is 31.1 Å². The monoisotopic (exact) mass is 562 g/mol. The lowest BCUT2D eigenvalue weighted by molar-refractivity contribution is -0.129. The molecule has 3 aromatic rings. The second-order valence-electron chi connectivity index (χ2n) is 11.6. The van der Waals surface area contributed by atoms with Gasteiger partial charge in [0.25, 0.3) is 0 Å². The fourth-order valence-electron chi connectivity index (χ4n) is 5.21. The fraction of sp³-hybridized carbons (Fsp3) is 0.467. The SMILES string of the molecule is COc1cc(C)ccc1CN1C(=O)CCN(c2cnn3ccc(CN4CCN(C(=O)OC(C)(C)C)CC4)cc23)C1=O. The number of aryl methyl sites for hydroxylation is 1. The highest BCUT2D eigenvalue weighted by Crippen LogP contribution is 2.29. The maximum absolute atomic E-state index is 13.6. The summed E-state index contributed by atoms with van der Waals surface area (Å²) in [4.78, 5) is 45.8. The van der Waals surface area contributed by atoms with Crippen molar-refractivity contribution in [2.75, 3.05) is 44.7 Å². The highest BCUT2D eigenvalue weighted by atomic mass is 16.6. The first kappa shape index (κ1) is 28.4. The molecule has 0 N–H and O–H groups in total. The van der Waals surface area contributed by atoms with Crippen molar-refractivity contribution in [3.8, 4) is 5.75 Å². The number of piperazine rings is 1. The van der Waals surface area contributed by atoms with Gasteiger partial charge in [0.2, 0.25) is 5.91 Å². The average Bonchev–Trinajstić information content (AvgIpc) is 3.34. The molecule has 41 heavy (non-hydrogen) atoms. The van der Waals surface area contributed by atoms with Gasteiger partial charge in [0, 0.05) is 57.4 Å². The second kappa shape index (κ2) is 11.4. The molecule has 2 aromatic heterocycles. The van der Waals surface area contributed by atoms with Gasteiger partial charge >= 0.3 is 12.1 Å². The summed E-state index contributed by atoms with van der Waals surface area (Å²) in [7, 11) is 1.59. The third-order valence-electron chi connectivity index (χ3n) is 7.37. The standard InChI is InChI=1S/C30H38N6O5/c1-21-6-7-23(26(16-21)40-5)20-35-27(37)9-10-34(28(35)38)25-18-31-36-11-8-22(17-24(25)36)19-32-12-14-33(15-13-32)29(39)41-30(2,3)4/h6-8,11,16-18H,9-10,12-15,19-20H2,1-5H3. The van der Waals surface area contributed by atoms with Gasteiger partial charge in [0.15, 0.2) is 0 Å². The number of benzene rings is 1. The smallest absolute Gasteiger partial charge is 0.410 e. The first-order chi connectivity index (χ1) is 19.5. The van der Waals surface area contributed by atoms with Crippen LogP contribution in [0.25, 0.3) is 5.52 Å². The van der Waals surface area contributed by atoms with Crippen LogP contribution in [0.5, 0.6) is 5.75 Å². The Morgan fingerprint density at radius 1 is 1.00 bits per heavy atom. The summed E-state index contributed by atoms with van der Waals surface area (Å²) < 4.78 is 12.8. The van der Waals surface area contributed by atoms with Crippen molar-refractivity contribution in [3.05, 3.63) is 59.4 Å². The molecule has 2 aliphatic rings. The molecular formula is C30H38N6O5. The maximum Gasteiger partial charge on any atom is 0.410 e. The molecule has 11 nitrogen and oxygen atoms in total. The van der Waals surface area contributed by atoms with Gasteiger partial charge in [-0.05, 0) is 57.0 Å². The summed E-state index contributed by atoms with van der Waals surface area (Å²) in [5.41, 5.74) is 3.84. The van der Waals surface area contributed by atoms with E-state index in [1.165, 1.54) is 4.90 Å². The summed E-state index contributed by atoms with van der Waals surface area (Å²) in [5, 5.41) is 4.47. The summed E-state index contributed by atoms with van der Waals surface area (Å²) in [6.45, 7) is 11.4. The van der Waals surface area contributed by atoms with E-state index >= 15 is 0 Å². The summed E-state index contributed by atoms with van der Waals surface area (Å²) >= 11 is 0. The molecule has 2 saturated heterocycles. The number of urea groups is 1. The van der Waals surface area contributed by atoms with Crippen molar-refractivity contribution < 1.29 is 23.9 Å². The Morgan fingerprint density at radius 3 is 2.46 bits per heavy atom. The Bertz CT molecular complexity index is 1450. The van der Waals surface area contributed by atoms with Crippen LogP contribution < -0.4 is 9.64 Å². The van der Waals surface area contributed by atoms with Crippen LogP contribution in [0.3, 0.4) is 0 Å². The number of aromatic nitrogens is 2. The molecule has 0 unspecified atom stereocenters. The van der Waals surface area contributed by atoms with Gasteiger partial charge in [-0.25, -0.2) is 14.1 Å². The minimum Gasteiger partial charge on any atom is -0.496 e. The number of fused-ring (bicyclic) bond motifs is 1. The third kappa shape index (κ3) is 6.30. The van der Waals surface area contributed by atoms with E-state index in [2.05, 4.69) is 10.00 Å². The Kier molecular flexibility index (Phi) is 7.90. The van der Waals surface area contributed by atoms with Gasteiger partial charge in [-0.3, -0.25) is 19.5 Å². The van der Waals surface area contributed by atoms with Gasteiger partial charge in [-0.2, -0.15) is 5.10 Å². The van der Waals surface area contributed by atoms with Crippen molar-refractivity contribution >= 4 is 29.2 Å². The number of hydrogen-bond acceptors (Lipinski definition) is 7. The van der Waals surface area contributed by atoms with E-state index in [9.17, 15) is 14.4 Å². The van der Waals surface area contributed by atoms with E-state index in [1.807, 2.05) is 64.2 Å². The normalized spacial score (nSPS) is 17.0. The van der Waals surface area contributed by atoms with Crippen LogP contribution >= 0.6 is 0 Å². The number of amides is 4. The van der Waals surface area contributed by atoms with Crippen LogP contribution in [0.1, 0.15) is 43.9 Å². The largest absolute Gasteiger partial charge is 0.496 e. The molecule has 1 aromatic carbocycles. The zero-order valence-corrected chi connectivity index (χ0v) is 24.4. The van der Waals surface area contributed by atoms with Gasteiger partial charge in [0.05, 0.1) is 31.1 Å². The van der Waals surface area contributed by atoms with Crippen molar-refractivity contribution in [1.82, 2.24) is 24.3 Å². The topological polar surface area (TPSA) is 99.9 Å². The predicted molar refractivity (Wildman–Crippen MR) is 154 cm³/mol. The summed E-state index contributed by atoms with van der Waals surface area (Å²) in [6.07, 6.45) is 3.51. The molecule has 0 atom stereocenters. The number of imide groups is 1. The second-order valence-corrected chi connectivity index (χ2v) is 11.6. The van der Waals surface area contributed by atoms with Crippen LogP contribution in [0.2, 0.25) is 0 Å². The lowest BCUT2D eigenvalue weighted by Gasteiger charge is -2.35. The molecule has 11 heteroatoms. The molecule has 0 radical (unpaired) electrons. The minimum absolute atomic E-state index is 0.136. The molecular weight excluding hydrogens is 524 g/mol. The zero-order chi connectivity index (χ0) is 29.3. The molecule has 4 heterocycles. The van der Waals surface area contributed by atoms with Gasteiger partial charge < -0.3 is 14.4 Å². The lowest BCUT2D eigenvalue weighted by atomic mass is 10.1. The van der Waals surface area contributed by atoms with E-state index < -0.39 is 5.60 Å². The Labute approximate surface area is 240 Å². The van der Waals surface area contributed by atoms with Crippen LogP contribution in [-0.4, -0.2) is 87.8 Å². The average molecular weight is 563 g/mol. The van der Waals surface area contributed by atoms with Gasteiger partial charge in [-0.15, -0.1) is 0 Å². The van der Waals surface area contributed by atoms with Gasteiger partial charge in [0.1, 0.15) is 11.4 Å². The van der Waals surface area contributed by atoms with Crippen molar-refractivity contribution in [1.29, 1.82) is 0 Å². The first-order valence-corrected chi connectivity index (χ1v) is 13.9. The highest BCUT2D eigenvalue weighted by Gasteiger charge is 2.35. The van der Waals surface area contributed by atoms with Crippen molar-refractivity contribution in [2.24, 2.45) is 0 Å². The quantitative estimate of drug-likeness (QED) is 0.447. The van der Waals surface area contributed by atoms with E-state index in [4.69, 9.17) is 9.47 Å². The molecule has 0 saturated carbocycles. The molecule has 0 spiro atoms. The summed E-state index contributed by atoms with van der Waals surface area (Å²) in [6, 6.07) is 9.42. The molecule has 2 fully saturated rings. The van der Waals surface area contributed by atoms with Crippen molar-refractivity contribution in [2.45, 2.75) is 52.8 Å². The molecule has 218 valence electrons. The molecule has 0 aliphatic carbocycles. The number of anilines is 1. The van der Waals surface area contributed by atoms with Crippen molar-refractivity contribution in [3.63, 3.8) is 0 Å². The maximum atomic E-state index is 13.6. The number of rotatable bonds is 6. The number of carbonyl (C=O) groups excluding carboxylic acids is 3. The number of pyridine rings is 1. The third-order valence-corrected chi connectivity index (χ3v) is 7.37. The van der Waals surface area contributed by atoms with Crippen LogP contribution in [0.15, 0.2) is 42.7 Å². The summed E-state index contributed by atoms with van der Waals surface area (Å²) in [5.74, 6) is 0.437. The zero-order valence-electron chi connectivity index (χ0n) is 24.4. The fourth-order valence-corrected chi connectivity index (χ4v) is 5.21. The number of methoxy groups -OCH3 is 1. The predicted octanol–water partition coefficient (Wildman–Crippen LogP) is 4.06. The molecule has 4 amide bonds. The Balaban J connectivity index is 1.29. The Hall–Kier alpha value is -4.12. The van der Waals surface area contributed by atoms with E-state index in [-0.39, 0.29) is 37.5 Å². The van der Waals surface area contributed by atoms with E-state index in [1.54, 1.807) is 27.6 Å². The number of hydrogen-bond donors (Lipinski definition) is 0. The van der Waals surface area contributed by atoms with Gasteiger partial charge in [-0.1, -0.05) is 12.1 Å². The first-order valence-electron chi connectivity index (χ1n) is 13.9. The van der Waals surface area contributed by atoms with Crippen LogP contribution in [0, 0.1) is 6.92 Å². The number of nitrogens with zero attached hydrogens (tertiary/aromatic N) is 6. The van der Waals surface area contributed by atoms with Crippen LogP contribution in [0.4, 0.5) is 15.3 Å². The Morgan fingerprint density at radius 2 is 1.76 bits per heavy atom. The number of carbonyl (C=O) groups is 3. The molecule has 5 rings (SSSR count). The molecule has 2 aliphatic heterocycles. The highest BCUT2D eigenvalue weighted by molar-refractivity contribution is 6.07. The number of ether oxygens (including phenoxy) is 2. The molecule has 0 bridgehead atoms. The lowest BCUT2D eigenvalue weighted by Crippen LogP contribution is -2.52.